The van der Waals surface area contributed by atoms with Gasteiger partial charge in [-0.15, -0.1) is 0 Å². The molecule has 0 bridgehead atoms. The third-order valence-corrected chi connectivity index (χ3v) is 12.6. The minimum atomic E-state index is -0.334. The number of amides is 1. The standard InChI is InChI=1S/C27H37ClN4O2.C16H25BClNO2/c1-34-17-11-25(21-2-4-24(28)5-3-21)22-9-15-32(16-10-22)27(33)23-7-13-31(14-8-23)19-20-6-12-30-26(29)18-20;1-17(20)19-10-7-14(8-11-19)16(9-12-21-2)13-3-5-15(18)6-4-13/h2-6,12,18,22-23,25H,7-11,13-17,19H2,1H3,(H2,29,30);3-6,14,16,20H,7-12H2,1-2H3. The molecule has 3 aromatic rings. The predicted molar refractivity (Wildman–Crippen MR) is 225 cm³/mol. The first-order valence-electron chi connectivity index (χ1n) is 20.3. The normalized spacial score (nSPS) is 19.1. The minimum Gasteiger partial charge on any atom is -0.437 e. The van der Waals surface area contributed by atoms with Gasteiger partial charge in [-0.2, -0.15) is 0 Å². The first-order valence-corrected chi connectivity index (χ1v) is 21.0. The molecule has 2 unspecified atom stereocenters. The lowest BCUT2D eigenvalue weighted by Gasteiger charge is -2.39. The van der Waals surface area contributed by atoms with E-state index >= 15 is 0 Å². The van der Waals surface area contributed by atoms with Gasteiger partial charge in [-0.25, -0.2) is 4.98 Å². The Bertz CT molecular complexity index is 1560. The number of likely N-dealkylation sites (tertiary alicyclic amines) is 2. The summed E-state index contributed by atoms with van der Waals surface area (Å²) in [5.74, 6) is 3.23. The summed E-state index contributed by atoms with van der Waals surface area (Å²) in [6, 6.07) is 20.4. The van der Waals surface area contributed by atoms with E-state index in [0.717, 1.165) is 120 Å². The number of hydrogen-bond acceptors (Lipinski definition) is 8. The zero-order valence-corrected chi connectivity index (χ0v) is 34.6. The van der Waals surface area contributed by atoms with Gasteiger partial charge in [0.05, 0.1) is 0 Å². The highest BCUT2D eigenvalue weighted by Crippen LogP contribution is 2.38. The molecule has 3 aliphatic rings. The number of benzene rings is 2. The Morgan fingerprint density at radius 1 is 0.800 bits per heavy atom. The summed E-state index contributed by atoms with van der Waals surface area (Å²) in [4.78, 5) is 24.0. The molecule has 4 heterocycles. The van der Waals surface area contributed by atoms with E-state index in [1.54, 1.807) is 20.4 Å². The number of methoxy groups -OCH3 is 2. The van der Waals surface area contributed by atoms with Crippen molar-refractivity contribution in [3.8, 4) is 0 Å². The molecule has 12 heteroatoms. The van der Waals surface area contributed by atoms with Crippen LogP contribution in [0, 0.1) is 17.8 Å². The van der Waals surface area contributed by atoms with Gasteiger partial charge in [-0.3, -0.25) is 9.69 Å². The molecule has 0 radical (unpaired) electrons. The lowest BCUT2D eigenvalue weighted by molar-refractivity contribution is -0.138. The fourth-order valence-corrected chi connectivity index (χ4v) is 9.18. The smallest absolute Gasteiger partial charge is 0.376 e. The zero-order valence-electron chi connectivity index (χ0n) is 33.1. The molecule has 300 valence electrons. The van der Waals surface area contributed by atoms with E-state index in [9.17, 15) is 9.82 Å². The minimum absolute atomic E-state index is 0.149. The Hall–Kier alpha value is -2.70. The second-order valence-electron chi connectivity index (χ2n) is 15.7. The summed E-state index contributed by atoms with van der Waals surface area (Å²) in [5, 5.41) is 11.2. The topological polar surface area (TPSA) is 104 Å². The number of carbonyl (C=O) groups is 1. The molecule has 1 aromatic heterocycles. The number of nitrogens with zero attached hydrogens (tertiary/aromatic N) is 4. The fraction of sp³-hybridized carbons (Fsp3) is 0.581. The number of rotatable bonds is 14. The SMILES string of the molecule is COCCC(c1ccc(Cl)cc1)C1CCN(B(C)O)CC1.COCCC(c1ccc(Cl)cc1)C1CCN(C(=O)C2CCN(Cc3ccnc(N)c3)CC2)CC1. The van der Waals surface area contributed by atoms with Gasteiger partial charge in [0.1, 0.15) is 5.82 Å². The zero-order chi connectivity index (χ0) is 39.2. The van der Waals surface area contributed by atoms with Gasteiger partial charge in [-0.1, -0.05) is 47.5 Å². The molecule has 1 amide bonds. The van der Waals surface area contributed by atoms with Gasteiger partial charge in [-0.05, 0) is 161 Å². The molecular weight excluding hydrogens is 732 g/mol. The molecule has 2 aromatic carbocycles. The Kier molecular flexibility index (Phi) is 17.6. The van der Waals surface area contributed by atoms with Crippen molar-refractivity contribution >= 4 is 42.0 Å². The van der Waals surface area contributed by atoms with Crippen LogP contribution in [0.2, 0.25) is 16.9 Å². The van der Waals surface area contributed by atoms with Crippen molar-refractivity contribution in [2.24, 2.45) is 17.8 Å². The summed E-state index contributed by atoms with van der Waals surface area (Å²) in [6.45, 7) is 9.80. The molecule has 0 saturated carbocycles. The second kappa shape index (κ2) is 22.3. The third-order valence-electron chi connectivity index (χ3n) is 12.1. The summed E-state index contributed by atoms with van der Waals surface area (Å²) < 4.78 is 10.7. The number of pyridine rings is 1. The first-order chi connectivity index (χ1) is 26.6. The van der Waals surface area contributed by atoms with Crippen molar-refractivity contribution in [2.75, 3.05) is 72.4 Å². The number of anilines is 1. The predicted octanol–water partition coefficient (Wildman–Crippen LogP) is 7.87. The lowest BCUT2D eigenvalue weighted by Crippen LogP contribution is -2.45. The van der Waals surface area contributed by atoms with Gasteiger partial charge in [0, 0.05) is 69.2 Å². The number of nitrogen functional groups attached to an aromatic ring is 1. The highest BCUT2D eigenvalue weighted by atomic mass is 35.5. The van der Waals surface area contributed by atoms with Crippen molar-refractivity contribution in [3.63, 3.8) is 0 Å². The summed E-state index contributed by atoms with van der Waals surface area (Å²) in [7, 11) is 3.19. The number of nitrogens with two attached hydrogens (primary N) is 1. The fourth-order valence-electron chi connectivity index (χ4n) is 8.92. The first kappa shape index (κ1) is 43.4. The Morgan fingerprint density at radius 2 is 1.29 bits per heavy atom. The van der Waals surface area contributed by atoms with Crippen LogP contribution in [0.15, 0.2) is 66.9 Å². The number of halogens is 2. The molecule has 2 atom stereocenters. The van der Waals surface area contributed by atoms with Crippen LogP contribution in [0.1, 0.15) is 79.9 Å². The van der Waals surface area contributed by atoms with Gasteiger partial charge < -0.3 is 29.9 Å². The summed E-state index contributed by atoms with van der Waals surface area (Å²) in [6.07, 6.45) is 10.0. The molecule has 3 aliphatic heterocycles. The molecule has 0 aliphatic carbocycles. The Labute approximate surface area is 340 Å². The molecule has 55 heavy (non-hydrogen) atoms. The molecule has 0 spiro atoms. The number of carbonyl (C=O) groups excluding carboxylic acids is 1. The van der Waals surface area contributed by atoms with Crippen molar-refractivity contribution in [3.05, 3.63) is 93.6 Å². The van der Waals surface area contributed by atoms with Crippen molar-refractivity contribution in [2.45, 2.75) is 76.6 Å². The monoisotopic (exact) mass is 793 g/mol. The average Bonchev–Trinajstić information content (AvgIpc) is 3.20. The van der Waals surface area contributed by atoms with E-state index in [-0.39, 0.29) is 13.0 Å². The molecular formula is C43H62BCl2N5O4. The highest BCUT2D eigenvalue weighted by Gasteiger charge is 2.34. The van der Waals surface area contributed by atoms with Crippen LogP contribution in [-0.2, 0) is 20.8 Å². The molecule has 3 saturated heterocycles. The van der Waals surface area contributed by atoms with E-state index in [1.807, 2.05) is 43.2 Å². The van der Waals surface area contributed by atoms with E-state index in [4.69, 9.17) is 38.4 Å². The number of ether oxygens (including phenoxy) is 2. The van der Waals surface area contributed by atoms with Crippen molar-refractivity contribution in [1.29, 1.82) is 0 Å². The second-order valence-corrected chi connectivity index (χ2v) is 16.6. The van der Waals surface area contributed by atoms with Crippen molar-refractivity contribution < 1.29 is 19.3 Å². The number of aromatic nitrogens is 1. The van der Waals surface area contributed by atoms with Crippen molar-refractivity contribution in [1.82, 2.24) is 19.6 Å². The van der Waals surface area contributed by atoms with Gasteiger partial charge in [0.25, 0.3) is 0 Å². The maximum absolute atomic E-state index is 13.3. The third kappa shape index (κ3) is 13.2. The van der Waals surface area contributed by atoms with E-state index in [0.29, 0.717) is 35.4 Å². The Balaban J connectivity index is 0.000000237. The average molecular weight is 795 g/mol. The molecule has 6 rings (SSSR count). The van der Waals surface area contributed by atoms with Crippen LogP contribution in [0.4, 0.5) is 5.82 Å². The maximum atomic E-state index is 13.3. The van der Waals surface area contributed by atoms with Crippen LogP contribution in [0.25, 0.3) is 0 Å². The number of hydrogen-bond donors (Lipinski definition) is 2. The van der Waals surface area contributed by atoms with Crippen LogP contribution >= 0.6 is 23.2 Å². The van der Waals surface area contributed by atoms with Crippen LogP contribution in [0.3, 0.4) is 0 Å². The largest absolute Gasteiger partial charge is 0.437 e. The molecule has 9 nitrogen and oxygen atoms in total. The van der Waals surface area contributed by atoms with E-state index in [1.165, 1.54) is 16.7 Å². The quantitative estimate of drug-likeness (QED) is 0.159. The van der Waals surface area contributed by atoms with Crippen LogP contribution < -0.4 is 5.73 Å². The highest BCUT2D eigenvalue weighted by molar-refractivity contribution is 6.45. The van der Waals surface area contributed by atoms with Crippen LogP contribution in [0.5, 0.6) is 0 Å². The molecule has 3 fully saturated rings. The number of piperidine rings is 3. The van der Waals surface area contributed by atoms with E-state index < -0.39 is 0 Å². The molecule has 3 N–H and O–H groups in total. The lowest BCUT2D eigenvalue weighted by atomic mass is 9.75. The maximum Gasteiger partial charge on any atom is 0.376 e. The van der Waals surface area contributed by atoms with Gasteiger partial charge >= 0.3 is 7.05 Å². The van der Waals surface area contributed by atoms with Gasteiger partial charge in [0.2, 0.25) is 5.91 Å². The van der Waals surface area contributed by atoms with E-state index in [2.05, 4.69) is 43.9 Å². The summed E-state index contributed by atoms with van der Waals surface area (Å²) in [5.41, 5.74) is 9.67. The van der Waals surface area contributed by atoms with Crippen LogP contribution in [-0.4, -0.2) is 104 Å². The Morgan fingerprint density at radius 3 is 1.75 bits per heavy atom. The van der Waals surface area contributed by atoms with Gasteiger partial charge in [0.15, 0.2) is 0 Å². The summed E-state index contributed by atoms with van der Waals surface area (Å²) >= 11 is 12.1.